The van der Waals surface area contributed by atoms with Gasteiger partial charge in [0.15, 0.2) is 5.65 Å². The number of carbonyl (C=O) groups is 2. The van der Waals surface area contributed by atoms with E-state index in [0.29, 0.717) is 34.6 Å². The average Bonchev–Trinajstić information content (AvgIpc) is 3.61. The maximum absolute atomic E-state index is 13.2. The second-order valence-corrected chi connectivity index (χ2v) is 11.1. The van der Waals surface area contributed by atoms with Crippen molar-refractivity contribution in [3.8, 4) is 11.1 Å². The van der Waals surface area contributed by atoms with Gasteiger partial charge in [0.1, 0.15) is 0 Å². The Bertz CT molecular complexity index is 1560. The second kappa shape index (κ2) is 11.4. The molecule has 0 aliphatic carbocycles. The number of likely N-dealkylation sites (tertiary alicyclic amines) is 1. The monoisotopic (exact) mass is 557 g/mol. The third-order valence-electron chi connectivity index (χ3n) is 8.43. The quantitative estimate of drug-likeness (QED) is 0.355. The standard InChI is InChI=1S/C29H35N9O3/c1-20-24(33-28(40)26-35-34-25-16-21(3-9-38(25)26)23-18-32-36(2)19-23)15-22(17-31-20)27(39)30-8-12-37-10-4-29(5-11-37)6-13-41-14-7-29/h3,9,15-19H,4-8,10-14H2,1-2H3,(H,30,39)(H,33,40). The Kier molecular flexibility index (Phi) is 7.50. The molecule has 6 heterocycles. The zero-order valence-electron chi connectivity index (χ0n) is 23.5. The van der Waals surface area contributed by atoms with Crippen molar-refractivity contribution in [2.24, 2.45) is 12.5 Å². The van der Waals surface area contributed by atoms with Crippen LogP contribution in [0.2, 0.25) is 0 Å². The molecule has 2 amide bonds. The number of rotatable bonds is 7. The van der Waals surface area contributed by atoms with E-state index in [1.807, 2.05) is 25.4 Å². The molecule has 12 heteroatoms. The minimum absolute atomic E-state index is 0.135. The van der Waals surface area contributed by atoms with Gasteiger partial charge >= 0.3 is 0 Å². The molecule has 0 radical (unpaired) electrons. The summed E-state index contributed by atoms with van der Waals surface area (Å²) in [5, 5.41) is 18.3. The van der Waals surface area contributed by atoms with Gasteiger partial charge in [-0.2, -0.15) is 5.10 Å². The van der Waals surface area contributed by atoms with E-state index in [0.717, 1.165) is 56.8 Å². The van der Waals surface area contributed by atoms with Crippen molar-refractivity contribution in [3.63, 3.8) is 0 Å². The number of nitrogens with zero attached hydrogens (tertiary/aromatic N) is 7. The first-order chi connectivity index (χ1) is 19.9. The van der Waals surface area contributed by atoms with Crippen LogP contribution in [-0.2, 0) is 11.8 Å². The molecule has 4 aromatic heterocycles. The number of pyridine rings is 2. The van der Waals surface area contributed by atoms with Crippen LogP contribution in [0.1, 0.15) is 52.4 Å². The lowest BCUT2D eigenvalue weighted by molar-refractivity contribution is -0.0202. The van der Waals surface area contributed by atoms with Gasteiger partial charge in [-0.25, -0.2) is 0 Å². The molecular weight excluding hydrogens is 522 g/mol. The molecule has 41 heavy (non-hydrogen) atoms. The Hall–Kier alpha value is -4.16. The summed E-state index contributed by atoms with van der Waals surface area (Å²) in [7, 11) is 1.86. The summed E-state index contributed by atoms with van der Waals surface area (Å²) in [6.45, 7) is 7.01. The molecule has 12 nitrogen and oxygen atoms in total. The molecule has 2 saturated heterocycles. The lowest BCUT2D eigenvalue weighted by Crippen LogP contribution is -2.45. The molecule has 2 N–H and O–H groups in total. The van der Waals surface area contributed by atoms with Crippen LogP contribution < -0.4 is 10.6 Å². The zero-order valence-corrected chi connectivity index (χ0v) is 23.5. The van der Waals surface area contributed by atoms with E-state index in [1.165, 1.54) is 19.0 Å². The topological polar surface area (TPSA) is 132 Å². The van der Waals surface area contributed by atoms with Gasteiger partial charge in [0.25, 0.3) is 11.8 Å². The minimum Gasteiger partial charge on any atom is -0.381 e. The zero-order chi connectivity index (χ0) is 28.4. The maximum Gasteiger partial charge on any atom is 0.294 e. The first-order valence-electron chi connectivity index (χ1n) is 14.1. The van der Waals surface area contributed by atoms with Crippen molar-refractivity contribution < 1.29 is 14.3 Å². The number of aromatic nitrogens is 6. The van der Waals surface area contributed by atoms with E-state index in [2.05, 4.69) is 35.8 Å². The molecule has 0 saturated carbocycles. The molecule has 0 aromatic carbocycles. The van der Waals surface area contributed by atoms with Crippen molar-refractivity contribution in [3.05, 3.63) is 60.1 Å². The maximum atomic E-state index is 13.2. The number of amides is 2. The highest BCUT2D eigenvalue weighted by Gasteiger charge is 2.35. The largest absolute Gasteiger partial charge is 0.381 e. The molecule has 1 spiro atoms. The Morgan fingerprint density at radius 2 is 1.83 bits per heavy atom. The van der Waals surface area contributed by atoms with Crippen molar-refractivity contribution in [1.82, 2.24) is 39.6 Å². The normalized spacial score (nSPS) is 17.1. The van der Waals surface area contributed by atoms with Crippen LogP contribution in [0.15, 0.2) is 43.0 Å². The Morgan fingerprint density at radius 1 is 1.02 bits per heavy atom. The minimum atomic E-state index is -0.443. The molecule has 2 aliphatic heterocycles. The summed E-state index contributed by atoms with van der Waals surface area (Å²) >= 11 is 0. The van der Waals surface area contributed by atoms with Crippen molar-refractivity contribution >= 4 is 23.1 Å². The predicted octanol–water partition coefficient (Wildman–Crippen LogP) is 2.71. The summed E-state index contributed by atoms with van der Waals surface area (Å²) in [5.41, 5.74) is 4.29. The lowest BCUT2D eigenvalue weighted by atomic mass is 9.72. The first-order valence-corrected chi connectivity index (χ1v) is 14.1. The summed E-state index contributed by atoms with van der Waals surface area (Å²) in [6, 6.07) is 5.38. The molecule has 2 fully saturated rings. The molecule has 214 valence electrons. The van der Waals surface area contributed by atoms with Gasteiger partial charge < -0.3 is 20.3 Å². The van der Waals surface area contributed by atoms with Gasteiger partial charge in [-0.05, 0) is 74.9 Å². The van der Waals surface area contributed by atoms with Gasteiger partial charge in [-0.15, -0.1) is 10.2 Å². The fourth-order valence-electron chi connectivity index (χ4n) is 5.74. The Balaban J connectivity index is 1.05. The molecule has 4 aromatic rings. The van der Waals surface area contributed by atoms with Gasteiger partial charge in [-0.1, -0.05) is 0 Å². The van der Waals surface area contributed by atoms with Gasteiger partial charge in [-0.3, -0.25) is 23.7 Å². The number of hydrogen-bond donors (Lipinski definition) is 2. The summed E-state index contributed by atoms with van der Waals surface area (Å²) in [6.07, 6.45) is 11.7. The summed E-state index contributed by atoms with van der Waals surface area (Å²) in [4.78, 5) is 32.8. The van der Waals surface area contributed by atoms with Crippen LogP contribution in [0.3, 0.4) is 0 Å². The Morgan fingerprint density at radius 3 is 2.59 bits per heavy atom. The molecule has 2 aliphatic rings. The van der Waals surface area contributed by atoms with Gasteiger partial charge in [0.2, 0.25) is 5.82 Å². The third kappa shape index (κ3) is 5.84. The fourth-order valence-corrected chi connectivity index (χ4v) is 5.74. The number of nitrogens with one attached hydrogen (secondary N) is 2. The van der Waals surface area contributed by atoms with E-state index in [-0.39, 0.29) is 11.7 Å². The van der Waals surface area contributed by atoms with Crippen molar-refractivity contribution in [1.29, 1.82) is 0 Å². The van der Waals surface area contributed by atoms with Crippen LogP contribution in [0.4, 0.5) is 5.69 Å². The van der Waals surface area contributed by atoms with Crippen molar-refractivity contribution in [2.45, 2.75) is 32.6 Å². The predicted molar refractivity (Wildman–Crippen MR) is 153 cm³/mol. The molecular formula is C29H35N9O3. The number of ether oxygens (including phenoxy) is 1. The average molecular weight is 558 g/mol. The number of anilines is 1. The fraction of sp³-hybridized carbons (Fsp3) is 0.448. The third-order valence-corrected chi connectivity index (χ3v) is 8.43. The lowest BCUT2D eigenvalue weighted by Gasteiger charge is -2.44. The van der Waals surface area contributed by atoms with E-state index in [9.17, 15) is 9.59 Å². The SMILES string of the molecule is Cc1ncc(C(=O)NCCN2CCC3(CCOCC3)CC2)cc1NC(=O)c1nnc2cc(-c3cnn(C)c3)ccn12. The molecule has 6 rings (SSSR count). The number of piperidine rings is 1. The second-order valence-electron chi connectivity index (χ2n) is 11.1. The first kappa shape index (κ1) is 27.0. The van der Waals surface area contributed by atoms with E-state index in [4.69, 9.17) is 4.74 Å². The van der Waals surface area contributed by atoms with Gasteiger partial charge in [0, 0.05) is 57.5 Å². The van der Waals surface area contributed by atoms with Crippen LogP contribution in [0.25, 0.3) is 16.8 Å². The van der Waals surface area contributed by atoms with E-state index < -0.39 is 5.91 Å². The highest BCUT2D eigenvalue weighted by Crippen LogP contribution is 2.40. The van der Waals surface area contributed by atoms with E-state index >= 15 is 0 Å². The van der Waals surface area contributed by atoms with Crippen LogP contribution in [0, 0.1) is 12.3 Å². The number of aryl methyl sites for hydroxylation is 2. The summed E-state index contributed by atoms with van der Waals surface area (Å²) in [5.74, 6) is -0.528. The van der Waals surface area contributed by atoms with Crippen LogP contribution >= 0.6 is 0 Å². The highest BCUT2D eigenvalue weighted by molar-refractivity contribution is 6.03. The van der Waals surface area contributed by atoms with Crippen LogP contribution in [-0.4, -0.2) is 85.5 Å². The summed E-state index contributed by atoms with van der Waals surface area (Å²) < 4.78 is 8.90. The molecule has 0 unspecified atom stereocenters. The molecule has 0 atom stereocenters. The van der Waals surface area contributed by atoms with Crippen molar-refractivity contribution in [2.75, 3.05) is 44.7 Å². The number of fused-ring (bicyclic) bond motifs is 1. The Labute approximate surface area is 238 Å². The number of hydrogen-bond acceptors (Lipinski definition) is 8. The molecule has 0 bridgehead atoms. The van der Waals surface area contributed by atoms with Crippen LogP contribution in [0.5, 0.6) is 0 Å². The van der Waals surface area contributed by atoms with Gasteiger partial charge in [0.05, 0.1) is 23.1 Å². The number of carbonyl (C=O) groups excluding carboxylic acids is 2. The highest BCUT2D eigenvalue weighted by atomic mass is 16.5. The smallest absolute Gasteiger partial charge is 0.294 e. The van der Waals surface area contributed by atoms with E-state index in [1.54, 1.807) is 34.5 Å².